The summed E-state index contributed by atoms with van der Waals surface area (Å²) in [4.78, 5) is 27.5. The third kappa shape index (κ3) is 5.96. The summed E-state index contributed by atoms with van der Waals surface area (Å²) in [6.45, 7) is 6.00. The zero-order valence-corrected chi connectivity index (χ0v) is 24.5. The molecule has 0 aliphatic carbocycles. The molecule has 0 unspecified atom stereocenters. The molecule has 6 atom stereocenters. The van der Waals surface area contributed by atoms with Gasteiger partial charge in [0.1, 0.15) is 23.0 Å². The van der Waals surface area contributed by atoms with Crippen molar-refractivity contribution in [3.05, 3.63) is 46.5 Å². The Labute approximate surface area is 235 Å². The minimum atomic E-state index is -1.12. The highest BCUT2D eigenvalue weighted by Crippen LogP contribution is 2.48. The van der Waals surface area contributed by atoms with E-state index in [1.165, 1.54) is 0 Å². The van der Waals surface area contributed by atoms with Crippen molar-refractivity contribution >= 4 is 29.3 Å². The second-order valence-electron chi connectivity index (χ2n) is 10.9. The predicted molar refractivity (Wildman–Crippen MR) is 148 cm³/mol. The van der Waals surface area contributed by atoms with Crippen LogP contribution >= 0.6 is 11.6 Å². The zero-order chi connectivity index (χ0) is 28.5. The number of carbonyl (C=O) groups is 2. The molecule has 1 N–H and O–H groups in total. The number of nitrogens with zero attached hydrogens (tertiary/aromatic N) is 1. The number of amides is 2. The average molecular weight is 563 g/mol. The molecule has 214 valence electrons. The van der Waals surface area contributed by atoms with Crippen molar-refractivity contribution in [3.63, 3.8) is 0 Å². The van der Waals surface area contributed by atoms with Crippen LogP contribution in [0.25, 0.3) is 0 Å². The maximum Gasteiger partial charge on any atom is 0.409 e. The van der Waals surface area contributed by atoms with Gasteiger partial charge in [-0.25, -0.2) is 4.79 Å². The molecule has 0 spiro atoms. The van der Waals surface area contributed by atoms with E-state index in [0.717, 1.165) is 11.1 Å². The lowest BCUT2D eigenvalue weighted by Gasteiger charge is -2.44. The van der Waals surface area contributed by atoms with Crippen molar-refractivity contribution in [3.8, 4) is 5.75 Å². The highest BCUT2D eigenvalue weighted by atomic mass is 35.5. The number of halogens is 1. The maximum atomic E-state index is 13.3. The molecule has 10 heteroatoms. The van der Waals surface area contributed by atoms with Crippen LogP contribution in [0.5, 0.6) is 5.75 Å². The lowest BCUT2D eigenvalue weighted by Crippen LogP contribution is -2.64. The van der Waals surface area contributed by atoms with Gasteiger partial charge < -0.3 is 28.6 Å². The van der Waals surface area contributed by atoms with Crippen LogP contribution in [0, 0.1) is 5.92 Å². The van der Waals surface area contributed by atoms with Crippen LogP contribution in [0.2, 0.25) is 5.02 Å². The van der Waals surface area contributed by atoms with Crippen LogP contribution in [0.1, 0.15) is 45.6 Å². The number of carbonyl (C=O) groups excluding carboxylic acids is 2. The predicted octanol–water partition coefficient (Wildman–Crippen LogP) is 4.80. The Morgan fingerprint density at radius 3 is 2.62 bits per heavy atom. The monoisotopic (exact) mass is 562 g/mol. The molecule has 3 heterocycles. The molecule has 0 radical (unpaired) electrons. The first-order valence-electron chi connectivity index (χ1n) is 13.2. The number of alkyl carbamates (subject to hydrolysis) is 1. The first-order chi connectivity index (χ1) is 18.5. The van der Waals surface area contributed by atoms with Gasteiger partial charge in [0.05, 0.1) is 24.5 Å². The smallest absolute Gasteiger partial charge is 0.409 e. The number of nitrogens with one attached hydrogen (secondary N) is 1. The van der Waals surface area contributed by atoms with E-state index in [1.807, 2.05) is 51.1 Å². The number of allylic oxidation sites excluding steroid dienone is 3. The van der Waals surface area contributed by atoms with Crippen LogP contribution in [0.15, 0.2) is 35.9 Å². The van der Waals surface area contributed by atoms with E-state index in [-0.39, 0.29) is 24.3 Å². The third-order valence-corrected chi connectivity index (χ3v) is 8.56. The molecule has 39 heavy (non-hydrogen) atoms. The van der Waals surface area contributed by atoms with Crippen molar-refractivity contribution in [1.82, 2.24) is 5.32 Å². The Bertz CT molecular complexity index is 1170. The van der Waals surface area contributed by atoms with Crippen molar-refractivity contribution in [1.29, 1.82) is 0 Å². The van der Waals surface area contributed by atoms with E-state index in [1.54, 1.807) is 33.3 Å². The number of rotatable bonds is 3. The zero-order valence-electron chi connectivity index (χ0n) is 23.7. The third-order valence-electron chi connectivity index (χ3n) is 8.18. The van der Waals surface area contributed by atoms with Gasteiger partial charge in [0, 0.05) is 40.0 Å². The van der Waals surface area contributed by atoms with Crippen LogP contribution < -0.4 is 15.0 Å². The molecule has 1 aromatic rings. The van der Waals surface area contributed by atoms with Crippen LogP contribution in [0.4, 0.5) is 10.5 Å². The van der Waals surface area contributed by atoms with Gasteiger partial charge >= 0.3 is 6.09 Å². The molecule has 2 fully saturated rings. The number of epoxide rings is 1. The van der Waals surface area contributed by atoms with Gasteiger partial charge in [-0.05, 0) is 44.4 Å². The molecule has 0 saturated carbocycles. The number of methoxy groups -OCH3 is 3. The summed E-state index contributed by atoms with van der Waals surface area (Å²) in [5, 5.41) is 3.23. The van der Waals surface area contributed by atoms with Gasteiger partial charge in [0.2, 0.25) is 5.91 Å². The molecule has 0 aromatic heterocycles. The summed E-state index contributed by atoms with van der Waals surface area (Å²) in [6.07, 6.45) is 5.69. The topological polar surface area (TPSA) is 98.9 Å². The number of hydrogen-bond acceptors (Lipinski definition) is 7. The number of anilines is 1. The van der Waals surface area contributed by atoms with E-state index in [4.69, 9.17) is 35.3 Å². The molecular formula is C29H39ClN2O7. The van der Waals surface area contributed by atoms with Crippen molar-refractivity contribution in [2.24, 2.45) is 5.92 Å². The summed E-state index contributed by atoms with van der Waals surface area (Å²) in [5.74, 6) is 0.292. The Balaban J connectivity index is 1.73. The molecule has 1 aromatic carbocycles. The van der Waals surface area contributed by atoms with Gasteiger partial charge in [-0.2, -0.15) is 0 Å². The molecule has 3 aliphatic heterocycles. The van der Waals surface area contributed by atoms with Gasteiger partial charge in [0.15, 0.2) is 5.72 Å². The Hall–Kier alpha value is -2.59. The summed E-state index contributed by atoms with van der Waals surface area (Å²) in [7, 11) is 6.42. The van der Waals surface area contributed by atoms with Gasteiger partial charge in [-0.15, -0.1) is 0 Å². The lowest BCUT2D eigenvalue weighted by atomic mass is 9.84. The molecule has 3 aliphatic rings. The van der Waals surface area contributed by atoms with Crippen LogP contribution in [-0.2, 0) is 30.2 Å². The normalized spacial score (nSPS) is 35.7. The van der Waals surface area contributed by atoms with E-state index in [2.05, 4.69) is 5.32 Å². The van der Waals surface area contributed by atoms with E-state index in [0.29, 0.717) is 35.7 Å². The molecular weight excluding hydrogens is 524 g/mol. The number of ether oxygens (including phenoxy) is 5. The first-order valence-corrected chi connectivity index (χ1v) is 13.6. The average Bonchev–Trinajstić information content (AvgIpc) is 3.59. The fraction of sp³-hybridized carbons (Fsp3) is 0.586. The molecule has 2 saturated heterocycles. The largest absolute Gasteiger partial charge is 0.495 e. The van der Waals surface area contributed by atoms with Gasteiger partial charge in [-0.1, -0.05) is 42.3 Å². The Morgan fingerprint density at radius 1 is 1.21 bits per heavy atom. The van der Waals surface area contributed by atoms with Crippen LogP contribution in [0.3, 0.4) is 0 Å². The van der Waals surface area contributed by atoms with Crippen molar-refractivity contribution in [2.75, 3.05) is 33.3 Å². The fourth-order valence-electron chi connectivity index (χ4n) is 5.69. The molecule has 4 bridgehead atoms. The SMILES string of the molecule is COc1cc2cc(c1Cl)N(C)C(=O)CC[C@]1(C)O[C@H]1[C@H](C)[C@@H]1C[C@@](OC)(NC(=O)O1)[C@H](OC)/C=C/C=C(\C)C2. The number of fused-ring (bicyclic) bond motifs is 5. The second-order valence-corrected chi connectivity index (χ2v) is 11.3. The van der Waals surface area contributed by atoms with E-state index in [9.17, 15) is 9.59 Å². The van der Waals surface area contributed by atoms with E-state index < -0.39 is 29.6 Å². The fourth-order valence-corrected chi connectivity index (χ4v) is 6.01. The summed E-state index contributed by atoms with van der Waals surface area (Å²) >= 11 is 6.63. The molecule has 9 nitrogen and oxygen atoms in total. The minimum Gasteiger partial charge on any atom is -0.495 e. The number of benzene rings is 1. The maximum absolute atomic E-state index is 13.3. The van der Waals surface area contributed by atoms with Crippen molar-refractivity contribution < 1.29 is 33.3 Å². The number of hydrogen-bond donors (Lipinski definition) is 1. The lowest BCUT2D eigenvalue weighted by molar-refractivity contribution is -0.161. The molecule has 2 amide bonds. The standard InChI is InChI=1S/C29H39ClN2O7/c1-17-9-8-10-23(36-6)29(37-7)16-22(38-27(34)31-29)18(2)26-28(3,39-26)12-11-24(33)32(4)20-14-19(13-17)15-21(35-5)25(20)30/h8-10,14-15,18,22-23,26H,11-13,16H2,1-7H3,(H,31,34)/b10-8+,17-9+/t18-,22+,23-,26+,28+,29+/m1/s1. The second kappa shape index (κ2) is 11.5. The minimum absolute atomic E-state index is 0.0815. The quantitative estimate of drug-likeness (QED) is 0.528. The molecule has 4 rings (SSSR count). The summed E-state index contributed by atoms with van der Waals surface area (Å²) in [6, 6.07) is 3.81. The van der Waals surface area contributed by atoms with E-state index >= 15 is 0 Å². The van der Waals surface area contributed by atoms with Gasteiger partial charge in [0.25, 0.3) is 0 Å². The summed E-state index contributed by atoms with van der Waals surface area (Å²) in [5.41, 5.74) is 0.969. The van der Waals surface area contributed by atoms with Crippen LogP contribution in [-0.4, -0.2) is 70.0 Å². The highest BCUT2D eigenvalue weighted by Gasteiger charge is 2.59. The Kier molecular flexibility index (Phi) is 8.66. The first kappa shape index (κ1) is 29.4. The van der Waals surface area contributed by atoms with Crippen molar-refractivity contribution in [2.45, 2.75) is 76.1 Å². The Morgan fingerprint density at radius 2 is 1.95 bits per heavy atom. The highest BCUT2D eigenvalue weighted by molar-refractivity contribution is 6.35. The summed E-state index contributed by atoms with van der Waals surface area (Å²) < 4.78 is 29.0. The van der Waals surface area contributed by atoms with Gasteiger partial charge in [-0.3, -0.25) is 10.1 Å².